The molecule has 0 aliphatic heterocycles. The first-order chi connectivity index (χ1) is 10.1. The molecule has 1 aromatic heterocycles. The van der Waals surface area contributed by atoms with E-state index >= 15 is 0 Å². The molecule has 0 fully saturated rings. The van der Waals surface area contributed by atoms with Crippen LogP contribution < -0.4 is 5.32 Å². The fourth-order valence-corrected chi connectivity index (χ4v) is 2.57. The molecule has 3 heteroatoms. The minimum Gasteiger partial charge on any atom is -0.338 e. The fraction of sp³-hybridized carbons (Fsp3) is 0.167. The van der Waals surface area contributed by atoms with Gasteiger partial charge in [-0.1, -0.05) is 30.3 Å². The van der Waals surface area contributed by atoms with E-state index in [2.05, 4.69) is 24.4 Å². The first-order valence-electron chi connectivity index (χ1n) is 7.05. The number of benzene rings is 2. The third-order valence-corrected chi connectivity index (χ3v) is 3.76. The van der Waals surface area contributed by atoms with Crippen LogP contribution in [0, 0.1) is 13.8 Å². The Morgan fingerprint density at radius 3 is 2.57 bits per heavy atom. The minimum atomic E-state index is -0.0108. The van der Waals surface area contributed by atoms with Gasteiger partial charge in [0.05, 0.1) is 0 Å². The van der Waals surface area contributed by atoms with Crippen LogP contribution in [0.3, 0.4) is 0 Å². The van der Waals surface area contributed by atoms with Crippen molar-refractivity contribution in [3.05, 3.63) is 65.9 Å². The number of aryl methyl sites for hydroxylation is 2. The maximum atomic E-state index is 12.2. The zero-order valence-electron chi connectivity index (χ0n) is 12.3. The third kappa shape index (κ3) is 2.68. The Morgan fingerprint density at radius 2 is 1.76 bits per heavy atom. The summed E-state index contributed by atoms with van der Waals surface area (Å²) in [7, 11) is 0. The Labute approximate surface area is 124 Å². The van der Waals surface area contributed by atoms with Gasteiger partial charge in [0.1, 0.15) is 6.54 Å². The highest BCUT2D eigenvalue weighted by Gasteiger charge is 2.08. The summed E-state index contributed by atoms with van der Waals surface area (Å²) in [6.07, 6.45) is 1.97. The van der Waals surface area contributed by atoms with Crippen LogP contribution in [0.1, 0.15) is 11.1 Å². The van der Waals surface area contributed by atoms with E-state index in [4.69, 9.17) is 0 Å². The van der Waals surface area contributed by atoms with Crippen molar-refractivity contribution in [2.75, 3.05) is 5.32 Å². The van der Waals surface area contributed by atoms with Crippen LogP contribution in [-0.4, -0.2) is 10.5 Å². The lowest BCUT2D eigenvalue weighted by Crippen LogP contribution is -2.18. The Morgan fingerprint density at radius 1 is 1.00 bits per heavy atom. The molecule has 1 heterocycles. The van der Waals surface area contributed by atoms with Crippen molar-refractivity contribution in [3.8, 4) is 0 Å². The average molecular weight is 278 g/mol. The molecule has 1 amide bonds. The largest absolute Gasteiger partial charge is 0.338 e. The van der Waals surface area contributed by atoms with Crippen molar-refractivity contribution in [3.63, 3.8) is 0 Å². The van der Waals surface area contributed by atoms with E-state index in [0.29, 0.717) is 6.54 Å². The molecule has 0 radical (unpaired) electrons. The number of para-hydroxylation sites is 1. The van der Waals surface area contributed by atoms with Gasteiger partial charge in [-0.2, -0.15) is 0 Å². The second-order valence-electron chi connectivity index (χ2n) is 5.31. The van der Waals surface area contributed by atoms with Crippen LogP contribution in [0.5, 0.6) is 0 Å². The molecule has 3 nitrogen and oxygen atoms in total. The topological polar surface area (TPSA) is 34.0 Å². The molecule has 0 atom stereocenters. The van der Waals surface area contributed by atoms with Gasteiger partial charge in [0, 0.05) is 22.8 Å². The maximum absolute atomic E-state index is 12.2. The second kappa shape index (κ2) is 5.44. The van der Waals surface area contributed by atoms with Crippen molar-refractivity contribution in [2.24, 2.45) is 0 Å². The Bertz CT molecular complexity index is 802. The number of carbonyl (C=O) groups excluding carboxylic acids is 1. The van der Waals surface area contributed by atoms with Gasteiger partial charge in [-0.05, 0) is 43.2 Å². The number of anilines is 1. The first kappa shape index (κ1) is 13.4. The fourth-order valence-electron chi connectivity index (χ4n) is 2.57. The summed E-state index contributed by atoms with van der Waals surface area (Å²) in [5, 5.41) is 4.16. The molecule has 3 rings (SSSR count). The smallest absolute Gasteiger partial charge is 0.244 e. The van der Waals surface area contributed by atoms with E-state index in [-0.39, 0.29) is 5.91 Å². The van der Waals surface area contributed by atoms with E-state index in [1.165, 1.54) is 10.9 Å². The van der Waals surface area contributed by atoms with Crippen LogP contribution in [0.2, 0.25) is 0 Å². The molecular formula is C18H18N2O. The maximum Gasteiger partial charge on any atom is 0.244 e. The van der Waals surface area contributed by atoms with Crippen molar-refractivity contribution in [2.45, 2.75) is 20.4 Å². The number of rotatable bonds is 3. The summed E-state index contributed by atoms with van der Waals surface area (Å²) in [6, 6.07) is 16.0. The van der Waals surface area contributed by atoms with Crippen molar-refractivity contribution >= 4 is 22.5 Å². The molecule has 0 aliphatic rings. The van der Waals surface area contributed by atoms with Gasteiger partial charge >= 0.3 is 0 Å². The highest BCUT2D eigenvalue weighted by Crippen LogP contribution is 2.20. The summed E-state index contributed by atoms with van der Waals surface area (Å²) < 4.78 is 1.98. The van der Waals surface area contributed by atoms with Gasteiger partial charge in [0.15, 0.2) is 0 Å². The van der Waals surface area contributed by atoms with Gasteiger partial charge in [0.2, 0.25) is 5.91 Å². The van der Waals surface area contributed by atoms with E-state index in [9.17, 15) is 4.79 Å². The average Bonchev–Trinajstić information content (AvgIpc) is 2.86. The lowest BCUT2D eigenvalue weighted by Gasteiger charge is -2.09. The molecule has 0 spiro atoms. The summed E-state index contributed by atoms with van der Waals surface area (Å²) in [6.45, 7) is 4.39. The zero-order chi connectivity index (χ0) is 14.8. The molecule has 106 valence electrons. The number of aromatic nitrogens is 1. The van der Waals surface area contributed by atoms with Gasteiger partial charge in [-0.3, -0.25) is 4.79 Å². The highest BCUT2D eigenvalue weighted by molar-refractivity contribution is 5.93. The van der Waals surface area contributed by atoms with E-state index < -0.39 is 0 Å². The number of amides is 1. The molecule has 2 aromatic carbocycles. The Kier molecular flexibility index (Phi) is 3.48. The SMILES string of the molecule is Cc1ccccc1NC(=O)Cn1ccc2c(C)cccc21. The monoisotopic (exact) mass is 278 g/mol. The predicted molar refractivity (Wildman–Crippen MR) is 86.5 cm³/mol. The van der Waals surface area contributed by atoms with Crippen LogP contribution in [-0.2, 0) is 11.3 Å². The highest BCUT2D eigenvalue weighted by atomic mass is 16.1. The third-order valence-electron chi connectivity index (χ3n) is 3.76. The summed E-state index contributed by atoms with van der Waals surface area (Å²) in [5.74, 6) is -0.0108. The second-order valence-corrected chi connectivity index (χ2v) is 5.31. The van der Waals surface area contributed by atoms with Gasteiger partial charge in [-0.25, -0.2) is 0 Å². The van der Waals surface area contributed by atoms with E-state index in [1.54, 1.807) is 0 Å². The lowest BCUT2D eigenvalue weighted by atomic mass is 10.1. The Balaban J connectivity index is 1.81. The van der Waals surface area contributed by atoms with Crippen LogP contribution in [0.25, 0.3) is 10.9 Å². The molecule has 0 unspecified atom stereocenters. The number of nitrogens with one attached hydrogen (secondary N) is 1. The first-order valence-corrected chi connectivity index (χ1v) is 7.05. The van der Waals surface area contributed by atoms with Crippen LogP contribution in [0.15, 0.2) is 54.7 Å². The van der Waals surface area contributed by atoms with E-state index in [1.807, 2.05) is 54.1 Å². The number of fused-ring (bicyclic) bond motifs is 1. The summed E-state index contributed by atoms with van der Waals surface area (Å²) in [4.78, 5) is 12.2. The van der Waals surface area contributed by atoms with Gasteiger partial charge in [-0.15, -0.1) is 0 Å². The molecular weight excluding hydrogens is 260 g/mol. The quantitative estimate of drug-likeness (QED) is 0.774. The molecule has 0 aliphatic carbocycles. The standard InChI is InChI=1S/C18H18N2O/c1-13-7-5-9-17-15(13)10-11-20(17)12-18(21)19-16-8-4-3-6-14(16)2/h3-11H,12H2,1-2H3,(H,19,21). The lowest BCUT2D eigenvalue weighted by molar-refractivity contribution is -0.116. The summed E-state index contributed by atoms with van der Waals surface area (Å²) in [5.41, 5.74) is 4.26. The van der Waals surface area contributed by atoms with E-state index in [0.717, 1.165) is 16.8 Å². The predicted octanol–water partition coefficient (Wildman–Crippen LogP) is 3.90. The molecule has 0 saturated carbocycles. The molecule has 3 aromatic rings. The molecule has 21 heavy (non-hydrogen) atoms. The van der Waals surface area contributed by atoms with Gasteiger partial charge < -0.3 is 9.88 Å². The van der Waals surface area contributed by atoms with Crippen LogP contribution >= 0.6 is 0 Å². The van der Waals surface area contributed by atoms with Gasteiger partial charge in [0.25, 0.3) is 0 Å². The van der Waals surface area contributed by atoms with Crippen molar-refractivity contribution < 1.29 is 4.79 Å². The normalized spacial score (nSPS) is 10.8. The summed E-state index contributed by atoms with van der Waals surface area (Å²) >= 11 is 0. The van der Waals surface area contributed by atoms with Crippen LogP contribution in [0.4, 0.5) is 5.69 Å². The number of nitrogens with zero attached hydrogens (tertiary/aromatic N) is 1. The number of hydrogen-bond acceptors (Lipinski definition) is 1. The zero-order valence-corrected chi connectivity index (χ0v) is 12.3. The number of carbonyl (C=O) groups is 1. The number of hydrogen-bond donors (Lipinski definition) is 1. The van der Waals surface area contributed by atoms with Crippen molar-refractivity contribution in [1.29, 1.82) is 0 Å². The molecule has 0 bridgehead atoms. The molecule has 0 saturated heterocycles. The van der Waals surface area contributed by atoms with Crippen molar-refractivity contribution in [1.82, 2.24) is 4.57 Å². The minimum absolute atomic E-state index is 0.0108. The molecule has 1 N–H and O–H groups in total. The Hall–Kier alpha value is -2.55.